The van der Waals surface area contributed by atoms with Gasteiger partial charge in [0.05, 0.1) is 19.3 Å². The number of aromatic nitrogens is 1. The number of carbonyl (C=O) groups excluding carboxylic acids is 1. The molecular weight excluding hydrogens is 314 g/mol. The second kappa shape index (κ2) is 7.23. The van der Waals surface area contributed by atoms with Crippen LogP contribution in [0.5, 0.6) is 0 Å². The van der Waals surface area contributed by atoms with Crippen molar-refractivity contribution in [2.24, 2.45) is 0 Å². The molecule has 1 amide bonds. The third kappa shape index (κ3) is 3.37. The molecule has 0 spiro atoms. The molecule has 0 saturated carbocycles. The Morgan fingerprint density at radius 1 is 1.04 bits per heavy atom. The fraction of sp³-hybridized carbons (Fsp3) is 0.400. The number of pyridine rings is 1. The zero-order chi connectivity index (χ0) is 17.1. The van der Waals surface area contributed by atoms with Gasteiger partial charge in [0.2, 0.25) is 0 Å². The minimum Gasteiger partial charge on any atom is -0.378 e. The zero-order valence-electron chi connectivity index (χ0n) is 14.3. The Hall–Kier alpha value is -2.40. The van der Waals surface area contributed by atoms with Crippen LogP contribution in [0.2, 0.25) is 0 Å². The minimum absolute atomic E-state index is 0.111. The number of morpholine rings is 1. The molecule has 0 N–H and O–H groups in total. The van der Waals surface area contributed by atoms with Crippen molar-refractivity contribution in [2.75, 3.05) is 37.7 Å². The van der Waals surface area contributed by atoms with E-state index < -0.39 is 0 Å². The number of amides is 1. The first kappa shape index (κ1) is 16.1. The van der Waals surface area contributed by atoms with Crippen LogP contribution < -0.4 is 4.90 Å². The normalized spacial score (nSPS) is 20.7. The Morgan fingerprint density at radius 2 is 1.84 bits per heavy atom. The third-order valence-corrected chi connectivity index (χ3v) is 5.03. The van der Waals surface area contributed by atoms with Crippen LogP contribution in [0.15, 0.2) is 48.7 Å². The van der Waals surface area contributed by atoms with E-state index in [2.05, 4.69) is 22.0 Å². The van der Waals surface area contributed by atoms with Gasteiger partial charge in [0.25, 0.3) is 5.91 Å². The summed E-state index contributed by atoms with van der Waals surface area (Å²) in [4.78, 5) is 21.7. The Labute approximate surface area is 148 Å². The Bertz CT molecular complexity index is 711. The second-order valence-corrected chi connectivity index (χ2v) is 6.57. The van der Waals surface area contributed by atoms with Gasteiger partial charge in [0.15, 0.2) is 0 Å². The number of rotatable bonds is 3. The molecule has 2 aliphatic rings. The van der Waals surface area contributed by atoms with E-state index in [0.29, 0.717) is 0 Å². The van der Waals surface area contributed by atoms with Gasteiger partial charge in [-0.3, -0.25) is 4.79 Å². The molecular formula is C20H23N3O2. The number of carbonyl (C=O) groups is 1. The first-order valence-corrected chi connectivity index (χ1v) is 8.97. The number of nitrogens with zero attached hydrogens (tertiary/aromatic N) is 3. The molecule has 3 heterocycles. The fourth-order valence-corrected chi connectivity index (χ4v) is 3.68. The molecule has 0 bridgehead atoms. The number of ether oxygens (including phenoxy) is 1. The molecule has 2 saturated heterocycles. The highest BCUT2D eigenvalue weighted by Crippen LogP contribution is 2.33. The first-order chi connectivity index (χ1) is 12.3. The molecule has 1 aromatic carbocycles. The fourth-order valence-electron chi connectivity index (χ4n) is 3.68. The van der Waals surface area contributed by atoms with Crippen LogP contribution in [-0.4, -0.2) is 48.6 Å². The maximum absolute atomic E-state index is 12.8. The molecule has 2 fully saturated rings. The maximum Gasteiger partial charge on any atom is 0.254 e. The molecule has 5 nitrogen and oxygen atoms in total. The number of likely N-dealkylation sites (tertiary alicyclic amines) is 1. The topological polar surface area (TPSA) is 45.7 Å². The number of hydrogen-bond donors (Lipinski definition) is 0. The van der Waals surface area contributed by atoms with Crippen LogP contribution in [0, 0.1) is 0 Å². The van der Waals surface area contributed by atoms with Crippen LogP contribution in [-0.2, 0) is 4.74 Å². The average molecular weight is 337 g/mol. The predicted molar refractivity (Wildman–Crippen MR) is 96.7 cm³/mol. The lowest BCUT2D eigenvalue weighted by Gasteiger charge is -2.29. The Morgan fingerprint density at radius 3 is 2.56 bits per heavy atom. The summed E-state index contributed by atoms with van der Waals surface area (Å²) < 4.78 is 5.40. The molecule has 4 rings (SSSR count). The van der Waals surface area contributed by atoms with Crippen molar-refractivity contribution < 1.29 is 9.53 Å². The van der Waals surface area contributed by atoms with Crippen LogP contribution >= 0.6 is 0 Å². The highest BCUT2D eigenvalue weighted by molar-refractivity contribution is 5.94. The summed E-state index contributed by atoms with van der Waals surface area (Å²) in [5, 5.41) is 0. The highest BCUT2D eigenvalue weighted by Gasteiger charge is 2.30. The quantitative estimate of drug-likeness (QED) is 0.864. The van der Waals surface area contributed by atoms with Gasteiger partial charge in [-0.1, -0.05) is 24.3 Å². The molecule has 2 aromatic rings. The Kier molecular flexibility index (Phi) is 4.65. The lowest BCUT2D eigenvalue weighted by atomic mass is 10.1. The second-order valence-electron chi connectivity index (χ2n) is 6.57. The molecule has 1 aromatic heterocycles. The standard InChI is InChI=1S/C20H23N3O2/c24-20(16-5-2-1-3-6-16)23-10-4-7-18(23)17-8-9-19(21-15-17)22-11-13-25-14-12-22/h1-3,5-6,8-9,15,18H,4,7,10-14H2/t18-/m1/s1. The maximum atomic E-state index is 12.8. The Balaban J connectivity index is 1.51. The molecule has 130 valence electrons. The zero-order valence-corrected chi connectivity index (χ0v) is 14.3. The van der Waals surface area contributed by atoms with E-state index in [1.54, 1.807) is 0 Å². The lowest BCUT2D eigenvalue weighted by Crippen LogP contribution is -2.36. The molecule has 0 unspecified atom stereocenters. The van der Waals surface area contributed by atoms with Gasteiger partial charge in [-0.25, -0.2) is 4.98 Å². The van der Waals surface area contributed by atoms with Crippen molar-refractivity contribution in [1.82, 2.24) is 9.88 Å². The summed E-state index contributed by atoms with van der Waals surface area (Å²) in [5.74, 6) is 1.10. The summed E-state index contributed by atoms with van der Waals surface area (Å²) in [5.41, 5.74) is 1.88. The number of anilines is 1. The van der Waals surface area contributed by atoms with Crippen molar-refractivity contribution in [3.8, 4) is 0 Å². The van der Waals surface area contributed by atoms with E-state index in [-0.39, 0.29) is 11.9 Å². The van der Waals surface area contributed by atoms with Gasteiger partial charge in [0, 0.05) is 31.4 Å². The van der Waals surface area contributed by atoms with Crippen molar-refractivity contribution in [3.63, 3.8) is 0 Å². The van der Waals surface area contributed by atoms with Gasteiger partial charge in [-0.2, -0.15) is 0 Å². The van der Waals surface area contributed by atoms with Crippen LogP contribution in [0.4, 0.5) is 5.82 Å². The summed E-state index contributed by atoms with van der Waals surface area (Å²) in [7, 11) is 0. The van der Waals surface area contributed by atoms with E-state index in [9.17, 15) is 4.79 Å². The summed E-state index contributed by atoms with van der Waals surface area (Å²) in [6.45, 7) is 4.09. The van der Waals surface area contributed by atoms with Crippen molar-refractivity contribution >= 4 is 11.7 Å². The molecule has 0 radical (unpaired) electrons. The van der Waals surface area contributed by atoms with Crippen LogP contribution in [0.1, 0.15) is 34.8 Å². The van der Waals surface area contributed by atoms with E-state index >= 15 is 0 Å². The monoisotopic (exact) mass is 337 g/mol. The molecule has 2 aliphatic heterocycles. The first-order valence-electron chi connectivity index (χ1n) is 8.97. The highest BCUT2D eigenvalue weighted by atomic mass is 16.5. The van der Waals surface area contributed by atoms with Gasteiger partial charge in [-0.15, -0.1) is 0 Å². The van der Waals surface area contributed by atoms with Crippen LogP contribution in [0.25, 0.3) is 0 Å². The largest absolute Gasteiger partial charge is 0.378 e. The molecule has 1 atom stereocenters. The summed E-state index contributed by atoms with van der Waals surface area (Å²) in [6, 6.07) is 13.9. The van der Waals surface area contributed by atoms with Gasteiger partial charge < -0.3 is 14.5 Å². The van der Waals surface area contributed by atoms with E-state index in [1.165, 1.54) is 0 Å². The minimum atomic E-state index is 0.111. The number of benzene rings is 1. The van der Waals surface area contributed by atoms with E-state index in [4.69, 9.17) is 4.74 Å². The third-order valence-electron chi connectivity index (χ3n) is 5.03. The van der Waals surface area contributed by atoms with Gasteiger partial charge >= 0.3 is 0 Å². The van der Waals surface area contributed by atoms with Gasteiger partial charge in [-0.05, 0) is 36.6 Å². The predicted octanol–water partition coefficient (Wildman–Crippen LogP) is 2.90. The van der Waals surface area contributed by atoms with Crippen LogP contribution in [0.3, 0.4) is 0 Å². The van der Waals surface area contributed by atoms with Crippen molar-refractivity contribution in [3.05, 3.63) is 59.8 Å². The summed E-state index contributed by atoms with van der Waals surface area (Å²) >= 11 is 0. The average Bonchev–Trinajstić information content (AvgIpc) is 3.19. The van der Waals surface area contributed by atoms with Crippen molar-refractivity contribution in [2.45, 2.75) is 18.9 Å². The van der Waals surface area contributed by atoms with Crippen molar-refractivity contribution in [1.29, 1.82) is 0 Å². The van der Waals surface area contributed by atoms with E-state index in [1.807, 2.05) is 41.4 Å². The molecule has 25 heavy (non-hydrogen) atoms. The summed E-state index contributed by atoms with van der Waals surface area (Å²) in [6.07, 6.45) is 3.97. The molecule has 5 heteroatoms. The smallest absolute Gasteiger partial charge is 0.254 e. The van der Waals surface area contributed by atoms with E-state index in [0.717, 1.165) is 62.6 Å². The molecule has 0 aliphatic carbocycles. The van der Waals surface area contributed by atoms with Gasteiger partial charge in [0.1, 0.15) is 5.82 Å². The SMILES string of the molecule is O=C(c1ccccc1)N1CCC[C@@H]1c1ccc(N2CCOCC2)nc1. The lowest BCUT2D eigenvalue weighted by molar-refractivity contribution is 0.0735. The number of hydrogen-bond acceptors (Lipinski definition) is 4.